The zero-order valence-corrected chi connectivity index (χ0v) is 25.5. The first-order valence-corrected chi connectivity index (χ1v) is 14.9. The average Bonchev–Trinajstić information content (AvgIpc) is 3.03. The van der Waals surface area contributed by atoms with Crippen molar-refractivity contribution in [3.8, 4) is 0 Å². The van der Waals surface area contributed by atoms with E-state index >= 15 is 0 Å². The second-order valence-corrected chi connectivity index (χ2v) is 9.61. The summed E-state index contributed by atoms with van der Waals surface area (Å²) >= 11 is 0. The minimum absolute atomic E-state index is 0. The van der Waals surface area contributed by atoms with Crippen LogP contribution in [-0.4, -0.2) is 0 Å². The van der Waals surface area contributed by atoms with E-state index in [0.717, 1.165) is 25.7 Å². The van der Waals surface area contributed by atoms with Crippen LogP contribution >= 0.6 is 0 Å². The van der Waals surface area contributed by atoms with E-state index < -0.39 is 0 Å². The highest BCUT2D eigenvalue weighted by molar-refractivity contribution is 5.33. The molecule has 0 heterocycles. The van der Waals surface area contributed by atoms with Crippen molar-refractivity contribution >= 4 is 0 Å². The Morgan fingerprint density at radius 1 is 0.289 bits per heavy atom. The SMILES string of the molecule is C.C.C.C.C.CC.CC.Cc1ccc(Cc2ccc(Cc3ccc(C)cc3)cc2)cc1.c1ccc(CCc2ccccc2)cc1. The van der Waals surface area contributed by atoms with Gasteiger partial charge < -0.3 is 0 Å². The molecule has 248 valence electrons. The van der Waals surface area contributed by atoms with Crippen molar-refractivity contribution in [1.29, 1.82) is 0 Å². The fraction of sp³-hybridized carbons (Fsp3) is 0.333. The third-order valence-corrected chi connectivity index (χ3v) is 6.47. The Hall–Kier alpha value is -3.90. The summed E-state index contributed by atoms with van der Waals surface area (Å²) in [6.45, 7) is 12.3. The average molecular weight is 609 g/mol. The van der Waals surface area contributed by atoms with E-state index in [-0.39, 0.29) is 37.1 Å². The van der Waals surface area contributed by atoms with Gasteiger partial charge in [0, 0.05) is 0 Å². The van der Waals surface area contributed by atoms with Gasteiger partial charge in [0.1, 0.15) is 0 Å². The maximum atomic E-state index is 2.25. The van der Waals surface area contributed by atoms with Crippen LogP contribution in [0.2, 0.25) is 0 Å². The standard InChI is InChI=1S/C22H22.C14H14.2C2H6.5CH4/c1-17-3-7-19(8-4-17)15-21-11-13-22(14-12-21)16-20-9-5-18(2)6-10-20;1-3-7-13(8-4-1)11-12-14-9-5-2-6-10-14;2*1-2;;;;;/h3-14H,15-16H2,1-2H3;1-10H,11-12H2;2*1-2H3;5*1H4. The molecule has 0 nitrogen and oxygen atoms in total. The van der Waals surface area contributed by atoms with Crippen LogP contribution in [0.3, 0.4) is 0 Å². The maximum Gasteiger partial charge on any atom is -0.00258 e. The summed E-state index contributed by atoms with van der Waals surface area (Å²) in [7, 11) is 0. The van der Waals surface area contributed by atoms with Gasteiger partial charge in [-0.25, -0.2) is 0 Å². The maximum absolute atomic E-state index is 2.25. The molecular weight excluding hydrogens is 540 g/mol. The van der Waals surface area contributed by atoms with Crippen LogP contribution in [0.1, 0.15) is 109 Å². The van der Waals surface area contributed by atoms with Crippen LogP contribution in [-0.2, 0) is 25.7 Å². The summed E-state index contributed by atoms with van der Waals surface area (Å²) in [5.74, 6) is 0. The van der Waals surface area contributed by atoms with Crippen molar-refractivity contribution in [3.05, 3.63) is 178 Å². The van der Waals surface area contributed by atoms with Gasteiger partial charge in [-0.3, -0.25) is 0 Å². The molecular formula is C45H68. The van der Waals surface area contributed by atoms with Gasteiger partial charge in [0.2, 0.25) is 0 Å². The normalized spacial score (nSPS) is 8.58. The molecule has 0 amide bonds. The first-order chi connectivity index (χ1) is 19.6. The van der Waals surface area contributed by atoms with Crippen molar-refractivity contribution in [3.63, 3.8) is 0 Å². The predicted molar refractivity (Wildman–Crippen MR) is 211 cm³/mol. The largest absolute Gasteiger partial charge is 0.0776 e. The van der Waals surface area contributed by atoms with E-state index in [4.69, 9.17) is 0 Å². The van der Waals surface area contributed by atoms with Gasteiger partial charge in [-0.15, -0.1) is 0 Å². The summed E-state index contributed by atoms with van der Waals surface area (Å²) in [4.78, 5) is 0. The lowest BCUT2D eigenvalue weighted by Crippen LogP contribution is -1.91. The van der Waals surface area contributed by atoms with E-state index in [9.17, 15) is 0 Å². The third-order valence-electron chi connectivity index (χ3n) is 6.47. The van der Waals surface area contributed by atoms with Crippen molar-refractivity contribution in [2.45, 2.75) is 104 Å². The smallest absolute Gasteiger partial charge is 0.00258 e. The Labute approximate surface area is 281 Å². The first kappa shape index (κ1) is 48.0. The second-order valence-electron chi connectivity index (χ2n) is 9.61. The molecule has 0 atom stereocenters. The Kier molecular flexibility index (Phi) is 30.8. The van der Waals surface area contributed by atoms with E-state index in [0.29, 0.717) is 0 Å². The lowest BCUT2D eigenvalue weighted by atomic mass is 9.99. The van der Waals surface area contributed by atoms with Crippen LogP contribution in [0.25, 0.3) is 0 Å². The molecule has 0 spiro atoms. The molecule has 0 bridgehead atoms. The van der Waals surface area contributed by atoms with Crippen molar-refractivity contribution in [2.24, 2.45) is 0 Å². The lowest BCUT2D eigenvalue weighted by Gasteiger charge is -2.06. The van der Waals surface area contributed by atoms with E-state index in [1.165, 1.54) is 44.5 Å². The summed E-state index contributed by atoms with van der Waals surface area (Å²) in [5.41, 5.74) is 10.9. The highest BCUT2D eigenvalue weighted by atomic mass is 14.0. The van der Waals surface area contributed by atoms with E-state index in [1.807, 2.05) is 27.7 Å². The fourth-order valence-electron chi connectivity index (χ4n) is 4.24. The van der Waals surface area contributed by atoms with Crippen molar-refractivity contribution in [2.75, 3.05) is 0 Å². The summed E-state index contributed by atoms with van der Waals surface area (Å²) in [6, 6.07) is 47.9. The molecule has 0 saturated carbocycles. The molecule has 0 fully saturated rings. The zero-order chi connectivity index (χ0) is 29.0. The molecule has 0 unspecified atom stereocenters. The molecule has 0 aromatic heterocycles. The molecule has 45 heavy (non-hydrogen) atoms. The Morgan fingerprint density at radius 2 is 0.511 bits per heavy atom. The molecule has 0 aliphatic rings. The summed E-state index contributed by atoms with van der Waals surface area (Å²) in [6.07, 6.45) is 4.27. The van der Waals surface area contributed by atoms with Gasteiger partial charge in [0.05, 0.1) is 0 Å². The predicted octanol–water partition coefficient (Wildman–Crippen LogP) is 14.2. The van der Waals surface area contributed by atoms with Gasteiger partial charge in [-0.2, -0.15) is 0 Å². The molecule has 5 aromatic rings. The minimum Gasteiger partial charge on any atom is -0.0776 e. The second kappa shape index (κ2) is 28.8. The number of hydrogen-bond acceptors (Lipinski definition) is 0. The molecule has 0 aliphatic heterocycles. The van der Waals surface area contributed by atoms with Gasteiger partial charge >= 0.3 is 0 Å². The van der Waals surface area contributed by atoms with Crippen molar-refractivity contribution in [1.82, 2.24) is 0 Å². The Morgan fingerprint density at radius 3 is 0.756 bits per heavy atom. The summed E-state index contributed by atoms with van der Waals surface area (Å²) in [5, 5.41) is 0. The molecule has 5 aromatic carbocycles. The highest BCUT2D eigenvalue weighted by Gasteiger charge is 2.00. The van der Waals surface area contributed by atoms with Gasteiger partial charge in [-0.05, 0) is 72.9 Å². The van der Waals surface area contributed by atoms with Crippen LogP contribution in [0.4, 0.5) is 0 Å². The number of hydrogen-bond donors (Lipinski definition) is 0. The summed E-state index contributed by atoms with van der Waals surface area (Å²) < 4.78 is 0. The topological polar surface area (TPSA) is 0 Å². The zero-order valence-electron chi connectivity index (χ0n) is 25.5. The van der Waals surface area contributed by atoms with Crippen LogP contribution in [0, 0.1) is 13.8 Å². The molecule has 0 heteroatoms. The quantitative estimate of drug-likeness (QED) is 0.172. The lowest BCUT2D eigenvalue weighted by molar-refractivity contribution is 0.960. The molecule has 0 saturated heterocycles. The number of aryl methyl sites for hydroxylation is 4. The number of benzene rings is 5. The molecule has 5 rings (SSSR count). The van der Waals surface area contributed by atoms with Crippen LogP contribution in [0.15, 0.2) is 133 Å². The highest BCUT2D eigenvalue weighted by Crippen LogP contribution is 2.15. The van der Waals surface area contributed by atoms with Crippen LogP contribution in [0.5, 0.6) is 0 Å². The Bertz CT molecular complexity index is 1180. The fourth-order valence-corrected chi connectivity index (χ4v) is 4.24. The third kappa shape index (κ3) is 19.2. The minimum atomic E-state index is 0. The number of rotatable bonds is 7. The van der Waals surface area contributed by atoms with Crippen molar-refractivity contribution < 1.29 is 0 Å². The van der Waals surface area contributed by atoms with E-state index in [2.05, 4.69) is 147 Å². The van der Waals surface area contributed by atoms with E-state index in [1.54, 1.807) is 0 Å². The first-order valence-electron chi connectivity index (χ1n) is 14.9. The van der Waals surface area contributed by atoms with Gasteiger partial charge in [0.25, 0.3) is 0 Å². The molecule has 0 N–H and O–H groups in total. The monoisotopic (exact) mass is 609 g/mol. The van der Waals surface area contributed by atoms with Gasteiger partial charge in [0.15, 0.2) is 0 Å². The molecule has 0 aliphatic carbocycles. The van der Waals surface area contributed by atoms with Gasteiger partial charge in [-0.1, -0.05) is 209 Å². The Balaban J connectivity index is -0.000000323. The molecule has 0 radical (unpaired) electrons. The van der Waals surface area contributed by atoms with Crippen LogP contribution < -0.4 is 0 Å².